The number of sulfonamides is 1. The number of rotatable bonds is 9. The van der Waals surface area contributed by atoms with E-state index in [-0.39, 0.29) is 24.1 Å². The summed E-state index contributed by atoms with van der Waals surface area (Å²) >= 11 is 5.82. The first-order valence-corrected chi connectivity index (χ1v) is 10.3. The van der Waals surface area contributed by atoms with Gasteiger partial charge >= 0.3 is 0 Å². The zero-order valence-corrected chi connectivity index (χ0v) is 16.3. The van der Waals surface area contributed by atoms with Gasteiger partial charge in [0.05, 0.1) is 18.6 Å². The zero-order chi connectivity index (χ0) is 19.2. The number of hydrogen-bond donors (Lipinski definition) is 2. The number of amides is 1. The second kappa shape index (κ2) is 9.21. The van der Waals surface area contributed by atoms with Crippen molar-refractivity contribution in [1.29, 1.82) is 0 Å². The van der Waals surface area contributed by atoms with Gasteiger partial charge in [-0.3, -0.25) is 4.79 Å². The highest BCUT2D eigenvalue weighted by atomic mass is 35.5. The first-order chi connectivity index (χ1) is 12.2. The molecule has 0 aliphatic heterocycles. The highest BCUT2D eigenvalue weighted by molar-refractivity contribution is 7.88. The average molecular weight is 399 g/mol. The summed E-state index contributed by atoms with van der Waals surface area (Å²) < 4.78 is 32.6. The molecule has 2 rings (SSSR count). The Morgan fingerprint density at radius 3 is 2.46 bits per heavy atom. The minimum Gasteiger partial charge on any atom is -0.467 e. The van der Waals surface area contributed by atoms with Gasteiger partial charge in [-0.1, -0.05) is 37.6 Å². The summed E-state index contributed by atoms with van der Waals surface area (Å²) in [6.07, 6.45) is 1.91. The number of halogens is 1. The predicted molar refractivity (Wildman–Crippen MR) is 101 cm³/mol. The quantitative estimate of drug-likeness (QED) is 0.679. The second-order valence-electron chi connectivity index (χ2n) is 6.48. The van der Waals surface area contributed by atoms with Crippen molar-refractivity contribution in [3.63, 3.8) is 0 Å². The van der Waals surface area contributed by atoms with Gasteiger partial charge in [-0.05, 0) is 42.2 Å². The van der Waals surface area contributed by atoms with E-state index in [0.29, 0.717) is 22.8 Å². The third kappa shape index (κ3) is 6.82. The second-order valence-corrected chi connectivity index (χ2v) is 8.67. The zero-order valence-electron chi connectivity index (χ0n) is 14.7. The monoisotopic (exact) mass is 398 g/mol. The van der Waals surface area contributed by atoms with E-state index in [1.807, 2.05) is 13.8 Å². The molecule has 6 nitrogen and oxygen atoms in total. The van der Waals surface area contributed by atoms with Crippen molar-refractivity contribution < 1.29 is 17.6 Å². The van der Waals surface area contributed by atoms with Crippen LogP contribution in [0.15, 0.2) is 47.1 Å². The Kier molecular flexibility index (Phi) is 7.25. The van der Waals surface area contributed by atoms with Gasteiger partial charge < -0.3 is 9.73 Å². The van der Waals surface area contributed by atoms with Gasteiger partial charge in [-0.25, -0.2) is 13.1 Å². The van der Waals surface area contributed by atoms with E-state index >= 15 is 0 Å². The van der Waals surface area contributed by atoms with E-state index in [1.54, 1.807) is 36.4 Å². The Morgan fingerprint density at radius 1 is 1.19 bits per heavy atom. The maximum atomic E-state index is 12.5. The summed E-state index contributed by atoms with van der Waals surface area (Å²) in [5, 5.41) is 3.24. The fraction of sp³-hybridized carbons (Fsp3) is 0.389. The van der Waals surface area contributed by atoms with Crippen LogP contribution in [-0.4, -0.2) is 20.4 Å². The standard InChI is InChI=1S/C18H23ClN2O4S/c1-13(2)10-17(18(22)20-11-16-4-3-9-25-16)21-26(23,24)12-14-5-7-15(19)8-6-14/h3-9,13,17,21H,10-12H2,1-2H3,(H,20,22)/t17-/m1/s1. The molecule has 0 saturated heterocycles. The van der Waals surface area contributed by atoms with E-state index in [1.165, 1.54) is 6.26 Å². The smallest absolute Gasteiger partial charge is 0.238 e. The van der Waals surface area contributed by atoms with Crippen LogP contribution in [0.1, 0.15) is 31.6 Å². The molecule has 2 aromatic rings. The number of hydrogen-bond acceptors (Lipinski definition) is 4. The van der Waals surface area contributed by atoms with Gasteiger partial charge in [-0.2, -0.15) is 0 Å². The Balaban J connectivity index is 2.02. The Morgan fingerprint density at radius 2 is 1.88 bits per heavy atom. The van der Waals surface area contributed by atoms with Crippen molar-refractivity contribution in [2.75, 3.05) is 0 Å². The van der Waals surface area contributed by atoms with Crippen LogP contribution in [0, 0.1) is 5.92 Å². The molecule has 26 heavy (non-hydrogen) atoms. The summed E-state index contributed by atoms with van der Waals surface area (Å²) in [7, 11) is -3.69. The van der Waals surface area contributed by atoms with Crippen molar-refractivity contribution in [2.45, 2.75) is 38.6 Å². The molecule has 0 spiro atoms. The number of carbonyl (C=O) groups excluding carboxylic acids is 1. The summed E-state index contributed by atoms with van der Waals surface area (Å²) in [5.74, 6) is 0.151. The van der Waals surface area contributed by atoms with Gasteiger partial charge in [0.15, 0.2) is 0 Å². The molecule has 0 unspecified atom stereocenters. The molecule has 1 amide bonds. The molecular formula is C18H23ClN2O4S. The lowest BCUT2D eigenvalue weighted by Crippen LogP contribution is -2.47. The molecule has 1 heterocycles. The molecule has 1 aromatic carbocycles. The number of furan rings is 1. The maximum absolute atomic E-state index is 12.5. The molecule has 1 atom stereocenters. The number of carbonyl (C=O) groups is 1. The molecule has 0 aliphatic carbocycles. The predicted octanol–water partition coefficient (Wildman–Crippen LogP) is 3.08. The summed E-state index contributed by atoms with van der Waals surface area (Å²) in [6.45, 7) is 4.07. The first kappa shape index (κ1) is 20.5. The molecule has 2 N–H and O–H groups in total. The Bertz CT molecular complexity index is 802. The van der Waals surface area contributed by atoms with Gasteiger partial charge in [0.1, 0.15) is 11.8 Å². The molecule has 1 aromatic heterocycles. The van der Waals surface area contributed by atoms with Gasteiger partial charge in [0, 0.05) is 5.02 Å². The third-order valence-corrected chi connectivity index (χ3v) is 5.24. The van der Waals surface area contributed by atoms with Crippen LogP contribution < -0.4 is 10.0 Å². The van der Waals surface area contributed by atoms with Crippen LogP contribution >= 0.6 is 11.6 Å². The van der Waals surface area contributed by atoms with Crippen LogP contribution in [0.4, 0.5) is 0 Å². The van der Waals surface area contributed by atoms with Gasteiger partial charge in [-0.15, -0.1) is 0 Å². The van der Waals surface area contributed by atoms with E-state index in [0.717, 1.165) is 0 Å². The lowest BCUT2D eigenvalue weighted by atomic mass is 10.0. The lowest BCUT2D eigenvalue weighted by Gasteiger charge is -2.20. The average Bonchev–Trinajstić information content (AvgIpc) is 3.06. The number of nitrogens with one attached hydrogen (secondary N) is 2. The SMILES string of the molecule is CC(C)C[C@@H](NS(=O)(=O)Cc1ccc(Cl)cc1)C(=O)NCc1ccco1. The molecular weight excluding hydrogens is 376 g/mol. The van der Waals surface area contributed by atoms with Crippen molar-refractivity contribution in [3.05, 3.63) is 59.0 Å². The molecule has 0 fully saturated rings. The maximum Gasteiger partial charge on any atom is 0.238 e. The summed E-state index contributed by atoms with van der Waals surface area (Å²) in [6, 6.07) is 9.18. The molecule has 0 aliphatic rings. The topological polar surface area (TPSA) is 88.4 Å². The Labute approximate surface area is 159 Å². The fourth-order valence-electron chi connectivity index (χ4n) is 2.45. The summed E-state index contributed by atoms with van der Waals surface area (Å²) in [5.41, 5.74) is 0.598. The van der Waals surface area contributed by atoms with Crippen LogP contribution in [0.25, 0.3) is 0 Å². The molecule has 0 saturated carbocycles. The van der Waals surface area contributed by atoms with Crippen LogP contribution in [0.5, 0.6) is 0 Å². The normalized spacial score (nSPS) is 12.9. The van der Waals surface area contributed by atoms with E-state index in [2.05, 4.69) is 10.0 Å². The van der Waals surface area contributed by atoms with Crippen LogP contribution in [0.2, 0.25) is 5.02 Å². The Hall–Kier alpha value is -1.83. The minimum atomic E-state index is -3.69. The molecule has 8 heteroatoms. The van der Waals surface area contributed by atoms with E-state index in [9.17, 15) is 13.2 Å². The molecule has 0 radical (unpaired) electrons. The molecule has 142 valence electrons. The van der Waals surface area contributed by atoms with E-state index in [4.69, 9.17) is 16.0 Å². The largest absolute Gasteiger partial charge is 0.467 e. The first-order valence-electron chi connectivity index (χ1n) is 8.29. The van der Waals surface area contributed by atoms with Crippen molar-refractivity contribution in [1.82, 2.24) is 10.0 Å². The number of benzene rings is 1. The van der Waals surface area contributed by atoms with Gasteiger partial charge in [0.25, 0.3) is 0 Å². The van der Waals surface area contributed by atoms with Gasteiger partial charge in [0.2, 0.25) is 15.9 Å². The van der Waals surface area contributed by atoms with Crippen molar-refractivity contribution >= 4 is 27.5 Å². The van der Waals surface area contributed by atoms with Crippen molar-refractivity contribution in [3.8, 4) is 0 Å². The third-order valence-electron chi connectivity index (χ3n) is 3.63. The molecule has 0 bridgehead atoms. The summed E-state index contributed by atoms with van der Waals surface area (Å²) in [4.78, 5) is 12.5. The lowest BCUT2D eigenvalue weighted by molar-refractivity contribution is -0.123. The fourth-order valence-corrected chi connectivity index (χ4v) is 3.93. The van der Waals surface area contributed by atoms with E-state index < -0.39 is 16.1 Å². The minimum absolute atomic E-state index is 0.146. The highest BCUT2D eigenvalue weighted by Gasteiger charge is 2.25. The van der Waals surface area contributed by atoms with Crippen LogP contribution in [-0.2, 0) is 27.1 Å². The van der Waals surface area contributed by atoms with Crippen molar-refractivity contribution in [2.24, 2.45) is 5.92 Å². The highest BCUT2D eigenvalue weighted by Crippen LogP contribution is 2.13. The van der Waals surface area contributed by atoms with Crippen LogP contribution in [0.3, 0.4) is 0 Å².